The third-order valence-corrected chi connectivity index (χ3v) is 2.56. The van der Waals surface area contributed by atoms with Gasteiger partial charge in [0, 0.05) is 11.8 Å². The summed E-state index contributed by atoms with van der Waals surface area (Å²) in [7, 11) is 0. The highest BCUT2D eigenvalue weighted by Gasteiger charge is 2.14. The monoisotopic (exact) mass is 273 g/mol. The highest BCUT2D eigenvalue weighted by Crippen LogP contribution is 2.26. The van der Waals surface area contributed by atoms with E-state index in [1.807, 2.05) is 6.92 Å². The number of aryl methyl sites for hydroxylation is 1. The maximum atomic E-state index is 11.1. The van der Waals surface area contributed by atoms with E-state index in [1.165, 1.54) is 6.07 Å². The predicted molar refractivity (Wildman–Crippen MR) is 73.6 cm³/mol. The van der Waals surface area contributed by atoms with Crippen molar-refractivity contribution in [3.8, 4) is 17.4 Å². The minimum atomic E-state index is -1.08. The average Bonchev–Trinajstić information content (AvgIpc) is 2.39. The van der Waals surface area contributed by atoms with Gasteiger partial charge in [-0.25, -0.2) is 9.78 Å². The first-order chi connectivity index (χ1) is 9.60. The molecule has 0 saturated heterocycles. The molecule has 104 valence electrons. The number of pyridine rings is 1. The highest BCUT2D eigenvalue weighted by molar-refractivity contribution is 5.90. The van der Waals surface area contributed by atoms with Crippen molar-refractivity contribution >= 4 is 5.97 Å². The van der Waals surface area contributed by atoms with E-state index in [0.717, 1.165) is 0 Å². The molecule has 1 aromatic carbocycles. The van der Waals surface area contributed by atoms with Gasteiger partial charge >= 0.3 is 5.97 Å². The number of benzene rings is 1. The first-order valence-electron chi connectivity index (χ1n) is 6.22. The first-order valence-corrected chi connectivity index (χ1v) is 6.22. The molecule has 0 unspecified atom stereocenters. The molecule has 0 aliphatic heterocycles. The van der Waals surface area contributed by atoms with Gasteiger partial charge in [0.05, 0.1) is 6.61 Å². The Morgan fingerprint density at radius 3 is 2.70 bits per heavy atom. The van der Waals surface area contributed by atoms with Gasteiger partial charge in [0.15, 0.2) is 0 Å². The van der Waals surface area contributed by atoms with Crippen molar-refractivity contribution in [2.75, 3.05) is 6.61 Å². The number of nitrogens with zero attached hydrogens (tertiary/aromatic N) is 1. The molecule has 0 aliphatic carbocycles. The number of aromatic nitrogens is 1. The number of aromatic carboxylic acids is 1. The molecule has 0 radical (unpaired) electrons. The number of ether oxygens (including phenoxy) is 2. The summed E-state index contributed by atoms with van der Waals surface area (Å²) < 4.78 is 10.9. The molecule has 0 aliphatic rings. The van der Waals surface area contributed by atoms with Crippen molar-refractivity contribution < 1.29 is 19.4 Å². The van der Waals surface area contributed by atoms with E-state index in [2.05, 4.69) is 4.98 Å². The van der Waals surface area contributed by atoms with E-state index < -0.39 is 5.97 Å². The van der Waals surface area contributed by atoms with Gasteiger partial charge in [0.1, 0.15) is 17.1 Å². The summed E-state index contributed by atoms with van der Waals surface area (Å²) >= 11 is 0. The Labute approximate surface area is 116 Å². The van der Waals surface area contributed by atoms with E-state index in [1.54, 1.807) is 37.3 Å². The Morgan fingerprint density at radius 2 is 2.00 bits per heavy atom. The van der Waals surface area contributed by atoms with E-state index in [4.69, 9.17) is 14.6 Å². The summed E-state index contributed by atoms with van der Waals surface area (Å²) in [5.41, 5.74) is 0.711. The first kappa shape index (κ1) is 13.9. The van der Waals surface area contributed by atoms with Crippen LogP contribution in [0.5, 0.6) is 17.4 Å². The summed E-state index contributed by atoms with van der Waals surface area (Å²) in [6.07, 6.45) is 0. The number of carboxylic acid groups (broad SMARTS) is 1. The third-order valence-electron chi connectivity index (χ3n) is 2.56. The Morgan fingerprint density at radius 1 is 1.25 bits per heavy atom. The second-order valence-electron chi connectivity index (χ2n) is 4.12. The lowest BCUT2D eigenvalue weighted by molar-refractivity contribution is 0.0693. The Balaban J connectivity index is 2.31. The molecule has 0 spiro atoms. The number of hydrogen-bond donors (Lipinski definition) is 1. The van der Waals surface area contributed by atoms with Crippen molar-refractivity contribution in [1.29, 1.82) is 0 Å². The van der Waals surface area contributed by atoms with Crippen LogP contribution in [0.15, 0.2) is 36.4 Å². The fourth-order valence-corrected chi connectivity index (χ4v) is 1.68. The molecule has 20 heavy (non-hydrogen) atoms. The van der Waals surface area contributed by atoms with Gasteiger partial charge in [0.25, 0.3) is 0 Å². The van der Waals surface area contributed by atoms with Crippen molar-refractivity contribution in [3.63, 3.8) is 0 Å². The largest absolute Gasteiger partial charge is 0.494 e. The highest BCUT2D eigenvalue weighted by atomic mass is 16.5. The molecular weight excluding hydrogens is 258 g/mol. The minimum Gasteiger partial charge on any atom is -0.494 e. The summed E-state index contributed by atoms with van der Waals surface area (Å²) in [4.78, 5) is 15.3. The lowest BCUT2D eigenvalue weighted by Gasteiger charge is -2.10. The van der Waals surface area contributed by atoms with Gasteiger partial charge in [-0.05, 0) is 38.1 Å². The van der Waals surface area contributed by atoms with Crippen molar-refractivity contribution in [3.05, 3.63) is 47.7 Å². The number of carboxylic acids is 1. The maximum absolute atomic E-state index is 11.1. The van der Waals surface area contributed by atoms with Crippen molar-refractivity contribution in [2.24, 2.45) is 0 Å². The van der Waals surface area contributed by atoms with E-state index in [0.29, 0.717) is 23.8 Å². The van der Waals surface area contributed by atoms with E-state index >= 15 is 0 Å². The van der Waals surface area contributed by atoms with Crippen LogP contribution in [0.4, 0.5) is 0 Å². The fraction of sp³-hybridized carbons (Fsp3) is 0.200. The Kier molecular flexibility index (Phi) is 4.20. The topological polar surface area (TPSA) is 68.7 Å². The van der Waals surface area contributed by atoms with Gasteiger partial charge in [-0.15, -0.1) is 0 Å². The quantitative estimate of drug-likeness (QED) is 0.905. The predicted octanol–water partition coefficient (Wildman–Crippen LogP) is 3.28. The van der Waals surface area contributed by atoms with Gasteiger partial charge in [-0.2, -0.15) is 0 Å². The van der Waals surface area contributed by atoms with Gasteiger partial charge in [-0.1, -0.05) is 6.07 Å². The Hall–Kier alpha value is -2.56. The van der Waals surface area contributed by atoms with Crippen LogP contribution in [0.3, 0.4) is 0 Å². The van der Waals surface area contributed by atoms with Crippen LogP contribution in [0, 0.1) is 6.92 Å². The lowest BCUT2D eigenvalue weighted by atomic mass is 10.2. The molecule has 2 aromatic rings. The van der Waals surface area contributed by atoms with Crippen LogP contribution in [-0.2, 0) is 0 Å². The molecule has 0 fully saturated rings. The minimum absolute atomic E-state index is 0.0254. The zero-order valence-corrected chi connectivity index (χ0v) is 11.3. The average molecular weight is 273 g/mol. The molecule has 5 nitrogen and oxygen atoms in total. The molecule has 0 atom stereocenters. The SMILES string of the molecule is CCOc1cccc(Oc2nc(C)ccc2C(=O)O)c1. The summed E-state index contributed by atoms with van der Waals surface area (Å²) in [5, 5.41) is 9.13. The van der Waals surface area contributed by atoms with Crippen LogP contribution < -0.4 is 9.47 Å². The molecule has 1 heterocycles. The second kappa shape index (κ2) is 6.06. The van der Waals surface area contributed by atoms with Crippen LogP contribution in [0.25, 0.3) is 0 Å². The molecule has 5 heteroatoms. The lowest BCUT2D eigenvalue weighted by Crippen LogP contribution is -2.03. The van der Waals surface area contributed by atoms with Crippen LogP contribution >= 0.6 is 0 Å². The second-order valence-corrected chi connectivity index (χ2v) is 4.12. The normalized spacial score (nSPS) is 10.1. The fourth-order valence-electron chi connectivity index (χ4n) is 1.68. The van der Waals surface area contributed by atoms with E-state index in [-0.39, 0.29) is 11.4 Å². The third kappa shape index (κ3) is 3.26. The molecule has 2 rings (SSSR count). The van der Waals surface area contributed by atoms with Gasteiger partial charge in [0.2, 0.25) is 5.88 Å². The Bertz CT molecular complexity index is 625. The summed E-state index contributed by atoms with van der Waals surface area (Å²) in [6, 6.07) is 10.1. The van der Waals surface area contributed by atoms with Crippen molar-refractivity contribution in [1.82, 2.24) is 4.98 Å². The van der Waals surface area contributed by atoms with Crippen LogP contribution in [0.1, 0.15) is 23.0 Å². The molecule has 0 saturated carbocycles. The maximum Gasteiger partial charge on any atom is 0.341 e. The smallest absolute Gasteiger partial charge is 0.341 e. The molecular formula is C15H15NO4. The van der Waals surface area contributed by atoms with E-state index in [9.17, 15) is 4.79 Å². The molecule has 1 aromatic heterocycles. The van der Waals surface area contributed by atoms with Gasteiger partial charge < -0.3 is 14.6 Å². The number of hydrogen-bond acceptors (Lipinski definition) is 4. The number of carbonyl (C=O) groups is 1. The standard InChI is InChI=1S/C15H15NO4/c1-3-19-11-5-4-6-12(9-11)20-14-13(15(17)18)8-7-10(2)16-14/h4-9H,3H2,1-2H3,(H,17,18). The molecule has 0 bridgehead atoms. The van der Waals surface area contributed by atoms with Crippen molar-refractivity contribution in [2.45, 2.75) is 13.8 Å². The molecule has 0 amide bonds. The summed E-state index contributed by atoms with van der Waals surface area (Å²) in [6.45, 7) is 4.21. The van der Waals surface area contributed by atoms with Gasteiger partial charge in [-0.3, -0.25) is 0 Å². The number of rotatable bonds is 5. The van der Waals surface area contributed by atoms with Crippen LogP contribution in [-0.4, -0.2) is 22.7 Å². The zero-order valence-electron chi connectivity index (χ0n) is 11.3. The zero-order chi connectivity index (χ0) is 14.5. The molecule has 1 N–H and O–H groups in total. The van der Waals surface area contributed by atoms with Crippen LogP contribution in [0.2, 0.25) is 0 Å². The summed E-state index contributed by atoms with van der Waals surface area (Å²) in [5.74, 6) is 0.144.